The minimum atomic E-state index is -4.84. The molecule has 6 nitrogen and oxygen atoms in total. The molecule has 0 bridgehead atoms. The quantitative estimate of drug-likeness (QED) is 0.431. The average Bonchev–Trinajstić information content (AvgIpc) is 3.17. The molecule has 1 fully saturated rings. The number of hydrogen-bond donors (Lipinski definition) is 0. The van der Waals surface area contributed by atoms with Gasteiger partial charge in [0.05, 0.1) is 35.1 Å². The Hall–Kier alpha value is -3.78. The second kappa shape index (κ2) is 7.88. The minimum absolute atomic E-state index is 0.144. The van der Waals surface area contributed by atoms with Crippen LogP contribution in [-0.4, -0.2) is 27.4 Å². The molecule has 1 saturated heterocycles. The molecule has 2 heterocycles. The van der Waals surface area contributed by atoms with Crippen molar-refractivity contribution < 1.29 is 27.2 Å². The van der Waals surface area contributed by atoms with Crippen LogP contribution in [0.2, 0.25) is 0 Å². The number of nitriles is 1. The van der Waals surface area contributed by atoms with Crippen molar-refractivity contribution >= 4 is 40.5 Å². The smallest absolute Gasteiger partial charge is 0.309 e. The van der Waals surface area contributed by atoms with Gasteiger partial charge in [0.15, 0.2) is 5.11 Å². The standard InChI is InChI=1S/C24H18F4N4O2S/c1-12(2)30-11-14-7-18(25)19(9-16(14)20(30)33)32-22(35)31(21(34)23(32,3)4)15-6-5-13(10-29)17(8-15)24(26,27)28/h5-9H,1,11H2,2-4H3. The molecule has 2 aliphatic rings. The number of hydrogen-bond acceptors (Lipinski definition) is 4. The van der Waals surface area contributed by atoms with E-state index in [1.807, 2.05) is 0 Å². The maximum absolute atomic E-state index is 15.3. The molecule has 0 saturated carbocycles. The molecule has 0 spiro atoms. The van der Waals surface area contributed by atoms with Crippen LogP contribution >= 0.6 is 12.2 Å². The summed E-state index contributed by atoms with van der Waals surface area (Å²) in [5.74, 6) is -1.84. The molecule has 0 atom stereocenters. The van der Waals surface area contributed by atoms with Crippen LogP contribution in [0.3, 0.4) is 0 Å². The molecule has 2 aromatic carbocycles. The summed E-state index contributed by atoms with van der Waals surface area (Å²) < 4.78 is 55.8. The summed E-state index contributed by atoms with van der Waals surface area (Å²) >= 11 is 5.44. The fraction of sp³-hybridized carbons (Fsp3) is 0.250. The maximum Gasteiger partial charge on any atom is 0.417 e. The fourth-order valence-corrected chi connectivity index (χ4v) is 4.75. The predicted octanol–water partition coefficient (Wildman–Crippen LogP) is 5.12. The van der Waals surface area contributed by atoms with E-state index in [1.54, 1.807) is 6.92 Å². The summed E-state index contributed by atoms with van der Waals surface area (Å²) in [5, 5.41) is 8.79. The normalized spacial score (nSPS) is 17.2. The Kier molecular flexibility index (Phi) is 5.48. The van der Waals surface area contributed by atoms with Crippen LogP contribution in [0.1, 0.15) is 47.8 Å². The highest BCUT2D eigenvalue weighted by atomic mass is 32.1. The first kappa shape index (κ1) is 24.3. The van der Waals surface area contributed by atoms with E-state index in [2.05, 4.69) is 6.58 Å². The lowest BCUT2D eigenvalue weighted by molar-refractivity contribution is -0.137. The van der Waals surface area contributed by atoms with Crippen molar-refractivity contribution in [1.29, 1.82) is 5.26 Å². The summed E-state index contributed by atoms with van der Waals surface area (Å²) in [5.41, 5.74) is -2.57. The second-order valence-corrected chi connectivity index (χ2v) is 9.11. The highest BCUT2D eigenvalue weighted by Gasteiger charge is 2.52. The van der Waals surface area contributed by atoms with Crippen LogP contribution in [0.4, 0.5) is 28.9 Å². The van der Waals surface area contributed by atoms with Gasteiger partial charge in [-0.3, -0.25) is 14.5 Å². The average molecular weight is 502 g/mol. The number of amides is 2. The molecule has 11 heteroatoms. The van der Waals surface area contributed by atoms with Gasteiger partial charge in [-0.05, 0) is 68.9 Å². The Balaban J connectivity index is 1.82. The lowest BCUT2D eigenvalue weighted by atomic mass is 10.0. The summed E-state index contributed by atoms with van der Waals surface area (Å²) in [6, 6.07) is 6.74. The third-order valence-electron chi connectivity index (χ3n) is 6.03. The predicted molar refractivity (Wildman–Crippen MR) is 124 cm³/mol. The van der Waals surface area contributed by atoms with Crippen molar-refractivity contribution in [2.45, 2.75) is 39.0 Å². The third kappa shape index (κ3) is 3.65. The first-order chi connectivity index (χ1) is 16.2. The number of carbonyl (C=O) groups excluding carboxylic acids is 2. The summed E-state index contributed by atoms with van der Waals surface area (Å²) in [6.07, 6.45) is -4.84. The Labute approximate surface area is 203 Å². The minimum Gasteiger partial charge on any atom is -0.309 e. The molecule has 2 aromatic rings. The van der Waals surface area contributed by atoms with Gasteiger partial charge in [0.25, 0.3) is 11.8 Å². The first-order valence-corrected chi connectivity index (χ1v) is 10.7. The van der Waals surface area contributed by atoms with Crippen molar-refractivity contribution in [3.63, 3.8) is 0 Å². The monoisotopic (exact) mass is 502 g/mol. The molecule has 0 N–H and O–H groups in total. The number of anilines is 2. The molecular weight excluding hydrogens is 484 g/mol. The number of rotatable bonds is 3. The third-order valence-corrected chi connectivity index (χ3v) is 6.40. The van der Waals surface area contributed by atoms with E-state index in [1.165, 1.54) is 47.9 Å². The van der Waals surface area contributed by atoms with Crippen LogP contribution in [-0.2, 0) is 17.5 Å². The largest absolute Gasteiger partial charge is 0.417 e. The molecule has 0 aliphatic carbocycles. The van der Waals surface area contributed by atoms with Crippen LogP contribution in [0.25, 0.3) is 0 Å². The van der Waals surface area contributed by atoms with E-state index in [4.69, 9.17) is 17.5 Å². The Morgan fingerprint density at radius 1 is 1.20 bits per heavy atom. The van der Waals surface area contributed by atoms with Gasteiger partial charge in [0.1, 0.15) is 11.4 Å². The zero-order valence-electron chi connectivity index (χ0n) is 18.8. The van der Waals surface area contributed by atoms with Gasteiger partial charge in [-0.1, -0.05) is 6.58 Å². The van der Waals surface area contributed by atoms with Crippen molar-refractivity contribution in [2.75, 3.05) is 9.80 Å². The summed E-state index contributed by atoms with van der Waals surface area (Å²) in [4.78, 5) is 29.6. The molecule has 0 unspecified atom stereocenters. The number of fused-ring (bicyclic) bond motifs is 1. The van der Waals surface area contributed by atoms with Crippen molar-refractivity contribution in [3.05, 3.63) is 70.7 Å². The van der Waals surface area contributed by atoms with Gasteiger partial charge >= 0.3 is 6.18 Å². The van der Waals surface area contributed by atoms with E-state index >= 15 is 4.39 Å². The maximum atomic E-state index is 15.3. The van der Waals surface area contributed by atoms with Gasteiger partial charge in [-0.2, -0.15) is 18.4 Å². The van der Waals surface area contributed by atoms with Gasteiger partial charge in [-0.25, -0.2) is 4.39 Å². The zero-order valence-corrected chi connectivity index (χ0v) is 19.6. The molecule has 35 heavy (non-hydrogen) atoms. The highest BCUT2D eigenvalue weighted by Crippen LogP contribution is 2.41. The number of nitrogens with zero attached hydrogens (tertiary/aromatic N) is 4. The van der Waals surface area contributed by atoms with Crippen LogP contribution in [0, 0.1) is 17.1 Å². The van der Waals surface area contributed by atoms with Crippen LogP contribution < -0.4 is 9.80 Å². The van der Waals surface area contributed by atoms with E-state index in [0.29, 0.717) is 17.3 Å². The van der Waals surface area contributed by atoms with Crippen LogP contribution in [0.5, 0.6) is 0 Å². The van der Waals surface area contributed by atoms with Gasteiger partial charge in [-0.15, -0.1) is 0 Å². The number of thiocarbonyl (C=S) groups is 1. The number of halogens is 4. The van der Waals surface area contributed by atoms with Crippen molar-refractivity contribution in [2.24, 2.45) is 0 Å². The van der Waals surface area contributed by atoms with Gasteiger partial charge in [0.2, 0.25) is 0 Å². The second-order valence-electron chi connectivity index (χ2n) is 8.74. The molecular formula is C24H18F4N4O2S. The number of benzene rings is 2. The Bertz CT molecular complexity index is 1380. The fourth-order valence-electron chi connectivity index (χ4n) is 4.23. The lowest BCUT2D eigenvalue weighted by Gasteiger charge is -2.30. The zero-order chi connectivity index (χ0) is 26.0. The van der Waals surface area contributed by atoms with Crippen molar-refractivity contribution in [3.8, 4) is 6.07 Å². The molecule has 180 valence electrons. The number of carbonyl (C=O) groups is 2. The molecule has 4 rings (SSSR count). The van der Waals surface area contributed by atoms with E-state index in [0.717, 1.165) is 11.0 Å². The van der Waals surface area contributed by atoms with E-state index < -0.39 is 34.6 Å². The number of allylic oxidation sites excluding steroid dienone is 1. The highest BCUT2D eigenvalue weighted by molar-refractivity contribution is 7.81. The summed E-state index contributed by atoms with van der Waals surface area (Å²) in [6.45, 7) is 8.43. The topological polar surface area (TPSA) is 67.7 Å². The molecule has 0 radical (unpaired) electrons. The van der Waals surface area contributed by atoms with Gasteiger partial charge < -0.3 is 9.80 Å². The SMILES string of the molecule is C=C(C)N1Cc2cc(F)c(N3C(=S)N(c4ccc(C#N)c(C(F)(F)F)c4)C(=O)C3(C)C)cc2C1=O. The molecule has 0 aromatic heterocycles. The first-order valence-electron chi connectivity index (χ1n) is 10.3. The van der Waals surface area contributed by atoms with Gasteiger partial charge in [0, 0.05) is 11.3 Å². The lowest BCUT2D eigenvalue weighted by Crippen LogP contribution is -2.44. The van der Waals surface area contributed by atoms with E-state index in [9.17, 15) is 22.8 Å². The van der Waals surface area contributed by atoms with E-state index in [-0.39, 0.29) is 34.5 Å². The van der Waals surface area contributed by atoms with Crippen LogP contribution in [0.15, 0.2) is 42.6 Å². The number of alkyl halides is 3. The summed E-state index contributed by atoms with van der Waals surface area (Å²) in [7, 11) is 0. The Morgan fingerprint density at radius 3 is 2.43 bits per heavy atom. The Morgan fingerprint density at radius 2 is 1.86 bits per heavy atom. The molecule has 2 amide bonds. The van der Waals surface area contributed by atoms with Crippen molar-refractivity contribution in [1.82, 2.24) is 4.90 Å². The molecule has 2 aliphatic heterocycles.